The number of rotatable bonds is 6. The van der Waals surface area contributed by atoms with Crippen molar-refractivity contribution >= 4 is 11.9 Å². The molecular formula is C10H16N4O4. The number of carbonyl (C=O) groups is 2. The van der Waals surface area contributed by atoms with Crippen molar-refractivity contribution in [1.29, 1.82) is 0 Å². The first-order valence-corrected chi connectivity index (χ1v) is 5.34. The molecule has 1 amide bonds. The van der Waals surface area contributed by atoms with Crippen LogP contribution in [0.5, 0.6) is 0 Å². The fourth-order valence-corrected chi connectivity index (χ4v) is 1.39. The number of primary amides is 1. The van der Waals surface area contributed by atoms with Crippen molar-refractivity contribution in [2.45, 2.75) is 26.5 Å². The van der Waals surface area contributed by atoms with Crippen molar-refractivity contribution < 1.29 is 19.1 Å². The minimum Gasteiger partial charge on any atom is -0.459 e. The Balaban J connectivity index is 2.62. The molecule has 0 aromatic carbocycles. The summed E-state index contributed by atoms with van der Waals surface area (Å²) in [6, 6.07) is 0. The van der Waals surface area contributed by atoms with Crippen LogP contribution in [0.4, 0.5) is 0 Å². The fraction of sp³-hybridized carbons (Fsp3) is 0.600. The van der Waals surface area contributed by atoms with E-state index in [2.05, 4.69) is 10.3 Å². The van der Waals surface area contributed by atoms with Gasteiger partial charge in [0, 0.05) is 7.11 Å². The molecule has 0 aliphatic rings. The fourth-order valence-electron chi connectivity index (χ4n) is 1.39. The van der Waals surface area contributed by atoms with Crippen molar-refractivity contribution in [2.75, 3.05) is 13.7 Å². The van der Waals surface area contributed by atoms with Crippen LogP contribution in [0, 0.1) is 6.92 Å². The molecule has 0 saturated heterocycles. The molecule has 0 spiro atoms. The third kappa shape index (κ3) is 3.52. The number of amides is 1. The maximum atomic E-state index is 11.5. The highest BCUT2D eigenvalue weighted by Gasteiger charge is 2.17. The first-order valence-electron chi connectivity index (χ1n) is 5.34. The number of ether oxygens (including phenoxy) is 2. The average molecular weight is 256 g/mol. The zero-order valence-corrected chi connectivity index (χ0v) is 10.5. The van der Waals surface area contributed by atoms with E-state index in [4.69, 9.17) is 15.2 Å². The molecule has 1 aromatic rings. The molecule has 0 bridgehead atoms. The summed E-state index contributed by atoms with van der Waals surface area (Å²) in [4.78, 5) is 22.5. The van der Waals surface area contributed by atoms with Gasteiger partial charge in [0.15, 0.2) is 5.69 Å². The van der Waals surface area contributed by atoms with Crippen LogP contribution in [0.15, 0.2) is 0 Å². The third-order valence-electron chi connectivity index (χ3n) is 2.23. The molecule has 1 unspecified atom stereocenters. The minimum atomic E-state index is -0.681. The van der Waals surface area contributed by atoms with Gasteiger partial charge in [-0.15, -0.1) is 5.10 Å². The first-order chi connectivity index (χ1) is 8.45. The Labute approximate surface area is 104 Å². The van der Waals surface area contributed by atoms with E-state index in [1.165, 1.54) is 11.8 Å². The lowest BCUT2D eigenvalue weighted by atomic mass is 10.3. The average Bonchev–Trinajstić information content (AvgIpc) is 2.60. The van der Waals surface area contributed by atoms with Gasteiger partial charge in [0.1, 0.15) is 12.6 Å². The van der Waals surface area contributed by atoms with E-state index in [-0.39, 0.29) is 18.3 Å². The maximum absolute atomic E-state index is 11.5. The molecular weight excluding hydrogens is 240 g/mol. The van der Waals surface area contributed by atoms with Gasteiger partial charge in [-0.25, -0.2) is 4.68 Å². The monoisotopic (exact) mass is 256 g/mol. The van der Waals surface area contributed by atoms with Crippen molar-refractivity contribution in [3.63, 3.8) is 0 Å². The van der Waals surface area contributed by atoms with E-state index in [1.54, 1.807) is 13.8 Å². The SMILES string of the molecule is COCC(C)OC(=O)Cn1nnc(C(N)=O)c1C. The van der Waals surface area contributed by atoms with Gasteiger partial charge in [0.2, 0.25) is 0 Å². The smallest absolute Gasteiger partial charge is 0.328 e. The predicted octanol–water partition coefficient (Wildman–Crippen LogP) is -0.736. The van der Waals surface area contributed by atoms with Crippen molar-refractivity contribution in [3.05, 3.63) is 11.4 Å². The lowest BCUT2D eigenvalue weighted by molar-refractivity contribution is -0.151. The summed E-state index contributed by atoms with van der Waals surface area (Å²) in [5.74, 6) is -1.16. The molecule has 1 atom stereocenters. The molecule has 1 rings (SSSR count). The Morgan fingerprint density at radius 3 is 2.67 bits per heavy atom. The Bertz CT molecular complexity index is 443. The number of nitrogens with zero attached hydrogens (tertiary/aromatic N) is 3. The number of esters is 1. The van der Waals surface area contributed by atoms with E-state index in [0.29, 0.717) is 12.3 Å². The van der Waals surface area contributed by atoms with Crippen LogP contribution in [0.1, 0.15) is 23.1 Å². The second-order valence-corrected chi connectivity index (χ2v) is 3.80. The van der Waals surface area contributed by atoms with Crippen molar-refractivity contribution in [3.8, 4) is 0 Å². The molecule has 0 aliphatic heterocycles. The molecule has 100 valence electrons. The van der Waals surface area contributed by atoms with Gasteiger partial charge in [-0.2, -0.15) is 0 Å². The van der Waals surface area contributed by atoms with Crippen LogP contribution in [0.3, 0.4) is 0 Å². The molecule has 1 aromatic heterocycles. The third-order valence-corrected chi connectivity index (χ3v) is 2.23. The highest BCUT2D eigenvalue weighted by molar-refractivity contribution is 5.91. The molecule has 0 fully saturated rings. The largest absolute Gasteiger partial charge is 0.459 e. The van der Waals surface area contributed by atoms with Crippen LogP contribution < -0.4 is 5.73 Å². The molecule has 2 N–H and O–H groups in total. The lowest BCUT2D eigenvalue weighted by Crippen LogP contribution is -2.24. The predicted molar refractivity (Wildman–Crippen MR) is 60.7 cm³/mol. The van der Waals surface area contributed by atoms with Gasteiger partial charge in [-0.05, 0) is 13.8 Å². The van der Waals surface area contributed by atoms with Gasteiger partial charge < -0.3 is 15.2 Å². The maximum Gasteiger partial charge on any atom is 0.328 e. The quantitative estimate of drug-likeness (QED) is 0.671. The van der Waals surface area contributed by atoms with Crippen LogP contribution in [-0.4, -0.2) is 46.7 Å². The zero-order valence-electron chi connectivity index (χ0n) is 10.5. The number of methoxy groups -OCH3 is 1. The summed E-state index contributed by atoms with van der Waals surface area (Å²) in [6.07, 6.45) is -0.345. The van der Waals surface area contributed by atoms with Crippen LogP contribution in [0.25, 0.3) is 0 Å². The van der Waals surface area contributed by atoms with Gasteiger partial charge >= 0.3 is 5.97 Å². The van der Waals surface area contributed by atoms with E-state index >= 15 is 0 Å². The number of hydrogen-bond acceptors (Lipinski definition) is 6. The number of carbonyl (C=O) groups excluding carboxylic acids is 2. The molecule has 0 saturated carbocycles. The standard InChI is InChI=1S/C10H16N4O4/c1-6(5-17-3)18-8(15)4-14-7(2)9(10(11)16)12-13-14/h6H,4-5H2,1-3H3,(H2,11,16). The highest BCUT2D eigenvalue weighted by atomic mass is 16.6. The van der Waals surface area contributed by atoms with Crippen LogP contribution in [-0.2, 0) is 20.8 Å². The molecule has 8 heteroatoms. The summed E-state index contributed by atoms with van der Waals surface area (Å²) in [5, 5.41) is 7.25. The van der Waals surface area contributed by atoms with E-state index in [1.807, 2.05) is 0 Å². The molecule has 8 nitrogen and oxygen atoms in total. The number of aromatic nitrogens is 3. The van der Waals surface area contributed by atoms with Crippen molar-refractivity contribution in [2.24, 2.45) is 5.73 Å². The zero-order chi connectivity index (χ0) is 13.7. The Morgan fingerprint density at radius 2 is 2.17 bits per heavy atom. The van der Waals surface area contributed by atoms with E-state index in [0.717, 1.165) is 0 Å². The lowest BCUT2D eigenvalue weighted by Gasteiger charge is -2.12. The van der Waals surface area contributed by atoms with Gasteiger partial charge in [0.25, 0.3) is 5.91 Å². The second kappa shape index (κ2) is 6.10. The first kappa shape index (κ1) is 14.1. The Morgan fingerprint density at radius 1 is 1.50 bits per heavy atom. The topological polar surface area (TPSA) is 109 Å². The van der Waals surface area contributed by atoms with Crippen LogP contribution in [0.2, 0.25) is 0 Å². The summed E-state index contributed by atoms with van der Waals surface area (Å²) in [7, 11) is 1.52. The summed E-state index contributed by atoms with van der Waals surface area (Å²) < 4.78 is 11.2. The van der Waals surface area contributed by atoms with E-state index in [9.17, 15) is 9.59 Å². The number of nitrogens with two attached hydrogens (primary N) is 1. The summed E-state index contributed by atoms with van der Waals surface area (Å²) in [5.41, 5.74) is 5.57. The van der Waals surface area contributed by atoms with Crippen LogP contribution >= 0.6 is 0 Å². The Hall–Kier alpha value is -1.96. The van der Waals surface area contributed by atoms with Gasteiger partial charge in [-0.3, -0.25) is 9.59 Å². The summed E-state index contributed by atoms with van der Waals surface area (Å²) >= 11 is 0. The number of hydrogen-bond donors (Lipinski definition) is 1. The minimum absolute atomic E-state index is 0.0488. The summed E-state index contributed by atoms with van der Waals surface area (Å²) in [6.45, 7) is 3.51. The normalized spacial score (nSPS) is 12.2. The molecule has 1 heterocycles. The Kier molecular flexibility index (Phi) is 4.78. The van der Waals surface area contributed by atoms with Gasteiger partial charge in [0.05, 0.1) is 12.3 Å². The van der Waals surface area contributed by atoms with Gasteiger partial charge in [-0.1, -0.05) is 5.21 Å². The van der Waals surface area contributed by atoms with Crippen molar-refractivity contribution in [1.82, 2.24) is 15.0 Å². The molecule has 0 aliphatic carbocycles. The molecule has 18 heavy (non-hydrogen) atoms. The van der Waals surface area contributed by atoms with E-state index < -0.39 is 11.9 Å². The second-order valence-electron chi connectivity index (χ2n) is 3.80. The highest BCUT2D eigenvalue weighted by Crippen LogP contribution is 2.03. The molecule has 0 radical (unpaired) electrons.